The van der Waals surface area contributed by atoms with Crippen LogP contribution in [0.4, 0.5) is 11.5 Å². The van der Waals surface area contributed by atoms with Gasteiger partial charge >= 0.3 is 11.4 Å². The van der Waals surface area contributed by atoms with Crippen LogP contribution < -0.4 is 15.1 Å². The van der Waals surface area contributed by atoms with Crippen LogP contribution in [0.25, 0.3) is 5.69 Å². The van der Waals surface area contributed by atoms with Crippen molar-refractivity contribution in [2.24, 2.45) is 10.2 Å². The fourth-order valence-electron chi connectivity index (χ4n) is 2.17. The average Bonchev–Trinajstić information content (AvgIpc) is 2.88. The summed E-state index contributed by atoms with van der Waals surface area (Å²) in [6.45, 7) is 1.78. The quantitative estimate of drug-likeness (QED) is 0.592. The van der Waals surface area contributed by atoms with Crippen molar-refractivity contribution in [1.82, 2.24) is 9.78 Å². The number of benzene rings is 1. The molecule has 0 radical (unpaired) electrons. The maximum Gasteiger partial charge on any atom is 0.388 e. The molecule has 3 aromatic rings. The van der Waals surface area contributed by atoms with Crippen molar-refractivity contribution < 1.29 is 9.57 Å². The monoisotopic (exact) mass is 310 g/mol. The van der Waals surface area contributed by atoms with E-state index in [2.05, 4.69) is 15.3 Å². The van der Waals surface area contributed by atoms with Crippen LogP contribution in [0, 0.1) is 6.92 Å². The first-order chi connectivity index (χ1) is 11.2. The molecule has 0 aliphatic rings. The molecule has 1 N–H and O–H groups in total. The van der Waals surface area contributed by atoms with E-state index in [1.54, 1.807) is 19.2 Å². The maximum absolute atomic E-state index is 12.5. The zero-order chi connectivity index (χ0) is 16.2. The van der Waals surface area contributed by atoms with Gasteiger partial charge in [-0.05, 0) is 41.0 Å². The number of aryl methyl sites for hydroxylation is 1. The highest BCUT2D eigenvalue weighted by molar-refractivity contribution is 5.43. The summed E-state index contributed by atoms with van der Waals surface area (Å²) in [4.78, 5) is 17.6. The number of nitrogens with one attached hydrogen (secondary N) is 1. The third kappa shape index (κ3) is 2.89. The van der Waals surface area contributed by atoms with E-state index in [1.165, 1.54) is 16.5 Å². The minimum Gasteiger partial charge on any atom is -0.339 e. The van der Waals surface area contributed by atoms with Crippen LogP contribution in [0.1, 0.15) is 5.69 Å². The summed E-state index contributed by atoms with van der Waals surface area (Å²) in [7, 11) is 1.53. The van der Waals surface area contributed by atoms with Crippen molar-refractivity contribution in [2.45, 2.75) is 6.92 Å². The summed E-state index contributed by atoms with van der Waals surface area (Å²) in [6.07, 6.45) is 1.71. The summed E-state index contributed by atoms with van der Waals surface area (Å²) in [5.74, 6) is 0.487. The summed E-state index contributed by atoms with van der Waals surface area (Å²) >= 11 is 0. The number of hydrogen-bond donors (Lipinski definition) is 1. The Morgan fingerprint density at radius 2 is 1.83 bits per heavy atom. The second-order valence-corrected chi connectivity index (χ2v) is 4.83. The minimum atomic E-state index is -0.252. The Balaban J connectivity index is 2.00. The van der Waals surface area contributed by atoms with Gasteiger partial charge in [0, 0.05) is 6.07 Å². The van der Waals surface area contributed by atoms with Gasteiger partial charge < -0.3 is 4.84 Å². The second kappa shape index (κ2) is 6.27. The summed E-state index contributed by atoms with van der Waals surface area (Å²) < 4.78 is 2.90. The van der Waals surface area contributed by atoms with Crippen LogP contribution in [-0.4, -0.2) is 16.9 Å². The number of azo groups is 1. The Morgan fingerprint density at radius 1 is 1.09 bits per heavy atom. The van der Waals surface area contributed by atoms with Crippen LogP contribution in [0.5, 0.6) is 0 Å². The summed E-state index contributed by atoms with van der Waals surface area (Å²) in [5, 5.41) is 11.2. The van der Waals surface area contributed by atoms with Crippen molar-refractivity contribution in [3.8, 4) is 5.69 Å². The van der Waals surface area contributed by atoms with Crippen LogP contribution in [0.15, 0.2) is 69.8 Å². The van der Waals surface area contributed by atoms with E-state index in [1.807, 2.05) is 42.5 Å². The van der Waals surface area contributed by atoms with E-state index in [-0.39, 0.29) is 11.2 Å². The fraction of sp³-hybridized carbons (Fsp3) is 0.125. The topological polar surface area (TPSA) is 75.6 Å². The number of aromatic amines is 1. The molecule has 0 aliphatic carbocycles. The van der Waals surface area contributed by atoms with Crippen molar-refractivity contribution in [1.29, 1.82) is 0 Å². The largest absolute Gasteiger partial charge is 0.388 e. The molecule has 1 aromatic carbocycles. The number of aromatic nitrogens is 3. The molecular weight excluding hydrogens is 294 g/mol. The molecule has 116 valence electrons. The highest BCUT2D eigenvalue weighted by atomic mass is 16.6. The van der Waals surface area contributed by atoms with Crippen LogP contribution >= 0.6 is 0 Å². The molecule has 0 aliphatic heterocycles. The molecule has 7 nitrogen and oxygen atoms in total. The molecule has 7 heteroatoms. The highest BCUT2D eigenvalue weighted by Gasteiger charge is 2.15. The molecule has 0 amide bonds. The second-order valence-electron chi connectivity index (χ2n) is 4.83. The third-order valence-corrected chi connectivity index (χ3v) is 3.31. The molecular formula is C16H16N5O2+. The van der Waals surface area contributed by atoms with Crippen LogP contribution in [0.2, 0.25) is 0 Å². The smallest absolute Gasteiger partial charge is 0.339 e. The molecule has 0 unspecified atom stereocenters. The van der Waals surface area contributed by atoms with Gasteiger partial charge in [0.25, 0.3) is 0 Å². The lowest BCUT2D eigenvalue weighted by atomic mass is 10.3. The Hall–Kier alpha value is -3.22. The van der Waals surface area contributed by atoms with Crippen LogP contribution in [-0.2, 0) is 0 Å². The number of H-pyrrole nitrogens is 1. The van der Waals surface area contributed by atoms with Gasteiger partial charge in [-0.1, -0.05) is 18.2 Å². The van der Waals surface area contributed by atoms with Gasteiger partial charge in [0.15, 0.2) is 5.69 Å². The number of hydrogen-bond acceptors (Lipinski definition) is 4. The van der Waals surface area contributed by atoms with Gasteiger partial charge in [-0.2, -0.15) is 0 Å². The Labute approximate surface area is 132 Å². The van der Waals surface area contributed by atoms with E-state index in [9.17, 15) is 4.79 Å². The first-order valence-corrected chi connectivity index (χ1v) is 7.04. The maximum atomic E-state index is 12.5. The Morgan fingerprint density at radius 3 is 2.57 bits per heavy atom. The minimum absolute atomic E-state index is 0.252. The normalized spacial score (nSPS) is 11.0. The lowest BCUT2D eigenvalue weighted by Gasteiger charge is -1.99. The molecule has 0 atom stereocenters. The third-order valence-electron chi connectivity index (χ3n) is 3.31. The molecule has 0 saturated carbocycles. The molecule has 2 aromatic heterocycles. The van der Waals surface area contributed by atoms with Crippen molar-refractivity contribution >= 4 is 11.5 Å². The molecule has 0 bridgehead atoms. The van der Waals surface area contributed by atoms with Gasteiger partial charge in [-0.25, -0.2) is 4.68 Å². The number of rotatable bonds is 4. The Bertz CT molecular complexity index is 896. The molecule has 0 saturated heterocycles. The number of nitrogens with zero attached hydrogens (tertiary/aromatic N) is 4. The standard InChI is InChI=1S/C16H15N5O2/c1-12-15(18-17-14-10-6-7-11-20(14)23-2)16(22)21(19-12)13-8-4-3-5-9-13/h3-11H,1-2H3/p+1. The zero-order valence-electron chi connectivity index (χ0n) is 12.8. The molecule has 0 spiro atoms. The fourth-order valence-corrected chi connectivity index (χ4v) is 2.17. The first kappa shape index (κ1) is 14.7. The summed E-state index contributed by atoms with van der Waals surface area (Å²) in [6, 6.07) is 14.7. The number of pyridine rings is 1. The van der Waals surface area contributed by atoms with Gasteiger partial charge in [0.2, 0.25) is 0 Å². The van der Waals surface area contributed by atoms with E-state index in [0.29, 0.717) is 11.5 Å². The van der Waals surface area contributed by atoms with Crippen molar-refractivity contribution in [3.05, 3.63) is 70.8 Å². The average molecular weight is 310 g/mol. The predicted molar refractivity (Wildman–Crippen MR) is 84.4 cm³/mol. The summed E-state index contributed by atoms with van der Waals surface area (Å²) in [5.41, 5.74) is 1.40. The first-order valence-electron chi connectivity index (χ1n) is 7.04. The van der Waals surface area contributed by atoms with Gasteiger partial charge in [0.05, 0.1) is 16.5 Å². The van der Waals surface area contributed by atoms with Gasteiger partial charge in [0.1, 0.15) is 13.3 Å². The lowest BCUT2D eigenvalue weighted by Crippen LogP contribution is -2.39. The predicted octanol–water partition coefficient (Wildman–Crippen LogP) is 2.24. The zero-order valence-corrected chi connectivity index (χ0v) is 12.8. The lowest BCUT2D eigenvalue weighted by molar-refractivity contribution is -0.875. The molecule has 0 fully saturated rings. The molecule has 2 heterocycles. The van der Waals surface area contributed by atoms with E-state index < -0.39 is 0 Å². The highest BCUT2D eigenvalue weighted by Crippen LogP contribution is 2.16. The number of para-hydroxylation sites is 1. The van der Waals surface area contributed by atoms with Crippen molar-refractivity contribution in [3.63, 3.8) is 0 Å². The van der Waals surface area contributed by atoms with Gasteiger partial charge in [-0.15, -0.1) is 0 Å². The van der Waals surface area contributed by atoms with Gasteiger partial charge in [-0.3, -0.25) is 9.89 Å². The Kier molecular flexibility index (Phi) is 4.01. The SMILES string of the molecule is CO[n+]1ccccc1N=Nc1c(C)[nH]n(-c2ccccc2)c1=O. The van der Waals surface area contributed by atoms with Crippen molar-refractivity contribution in [2.75, 3.05) is 7.11 Å². The molecule has 23 heavy (non-hydrogen) atoms. The van der Waals surface area contributed by atoms with Crippen LogP contribution in [0.3, 0.4) is 0 Å². The van der Waals surface area contributed by atoms with E-state index in [4.69, 9.17) is 4.84 Å². The molecule has 3 rings (SSSR count). The van der Waals surface area contributed by atoms with E-state index in [0.717, 1.165) is 5.69 Å². The van der Waals surface area contributed by atoms with E-state index >= 15 is 0 Å².